The Hall–Kier alpha value is -0.170. The van der Waals surface area contributed by atoms with E-state index in [2.05, 4.69) is 5.32 Å². The van der Waals surface area contributed by atoms with Gasteiger partial charge in [0, 0.05) is 32.2 Å². The minimum absolute atomic E-state index is 0.656. The Morgan fingerprint density at radius 2 is 1.45 bits per heavy atom. The van der Waals surface area contributed by atoms with Crippen molar-refractivity contribution in [3.63, 3.8) is 0 Å². The second-order valence-electron chi connectivity index (χ2n) is 6.49. The first-order valence-electron chi connectivity index (χ1n) is 8.15. The van der Waals surface area contributed by atoms with Gasteiger partial charge in [0.15, 0.2) is 0 Å². The van der Waals surface area contributed by atoms with Crippen molar-refractivity contribution in [1.82, 2.24) is 13.9 Å². The molecule has 0 aromatic carbocycles. The largest absolute Gasteiger partial charge is 0.314 e. The Balaban J connectivity index is 1.48. The van der Waals surface area contributed by atoms with E-state index in [1.807, 2.05) is 0 Å². The topological polar surface area (TPSA) is 52.7 Å². The van der Waals surface area contributed by atoms with Gasteiger partial charge in [0.05, 0.1) is 0 Å². The van der Waals surface area contributed by atoms with E-state index in [1.165, 1.54) is 19.3 Å². The van der Waals surface area contributed by atoms with Crippen molar-refractivity contribution in [1.29, 1.82) is 0 Å². The van der Waals surface area contributed by atoms with Crippen molar-refractivity contribution in [2.75, 3.05) is 32.7 Å². The van der Waals surface area contributed by atoms with Gasteiger partial charge < -0.3 is 5.32 Å². The van der Waals surface area contributed by atoms with Crippen molar-refractivity contribution in [3.05, 3.63) is 0 Å². The molecule has 0 aromatic heterocycles. The van der Waals surface area contributed by atoms with E-state index in [1.54, 1.807) is 8.61 Å². The molecule has 3 rings (SSSR count). The predicted octanol–water partition coefficient (Wildman–Crippen LogP) is 1.18. The fourth-order valence-corrected chi connectivity index (χ4v) is 4.94. The molecule has 3 aliphatic rings. The number of hydrogen-bond donors (Lipinski definition) is 1. The van der Waals surface area contributed by atoms with Crippen LogP contribution in [0, 0.1) is 5.92 Å². The summed E-state index contributed by atoms with van der Waals surface area (Å²) in [5.74, 6) is 0.656. The molecule has 116 valence electrons. The smallest absolute Gasteiger partial charge is 0.281 e. The maximum atomic E-state index is 12.6. The molecule has 1 aliphatic carbocycles. The maximum Gasteiger partial charge on any atom is 0.281 e. The zero-order valence-electron chi connectivity index (χ0n) is 12.3. The van der Waals surface area contributed by atoms with Crippen LogP contribution >= 0.6 is 0 Å². The molecule has 1 saturated carbocycles. The molecule has 20 heavy (non-hydrogen) atoms. The minimum Gasteiger partial charge on any atom is -0.314 e. The van der Waals surface area contributed by atoms with Gasteiger partial charge in [-0.05, 0) is 51.0 Å². The highest BCUT2D eigenvalue weighted by Crippen LogP contribution is 2.24. The van der Waals surface area contributed by atoms with E-state index in [-0.39, 0.29) is 0 Å². The van der Waals surface area contributed by atoms with Crippen molar-refractivity contribution in [3.8, 4) is 0 Å². The van der Waals surface area contributed by atoms with Gasteiger partial charge in [0.2, 0.25) is 0 Å². The lowest BCUT2D eigenvalue weighted by atomic mass is 9.98. The normalized spacial score (nSPS) is 27.8. The zero-order chi connectivity index (χ0) is 14.0. The van der Waals surface area contributed by atoms with Gasteiger partial charge in [0.1, 0.15) is 0 Å². The summed E-state index contributed by atoms with van der Waals surface area (Å²) in [5.41, 5.74) is 0. The molecule has 1 N–H and O–H groups in total. The monoisotopic (exact) mass is 301 g/mol. The van der Waals surface area contributed by atoms with Crippen LogP contribution in [0.15, 0.2) is 0 Å². The molecule has 2 heterocycles. The molecule has 0 amide bonds. The SMILES string of the molecule is O=S(=O)(N1CCCCC1)N1CCC(CNC2CC2)CC1. The summed E-state index contributed by atoms with van der Waals surface area (Å²) in [7, 11) is -3.18. The van der Waals surface area contributed by atoms with E-state index in [9.17, 15) is 8.42 Å². The van der Waals surface area contributed by atoms with Crippen molar-refractivity contribution < 1.29 is 8.42 Å². The first-order valence-corrected chi connectivity index (χ1v) is 9.54. The van der Waals surface area contributed by atoms with Gasteiger partial charge in [-0.2, -0.15) is 17.0 Å². The number of hydrogen-bond acceptors (Lipinski definition) is 3. The van der Waals surface area contributed by atoms with Crippen molar-refractivity contribution >= 4 is 10.2 Å². The first kappa shape index (κ1) is 14.8. The third kappa shape index (κ3) is 3.53. The molecule has 0 atom stereocenters. The summed E-state index contributed by atoms with van der Waals surface area (Å²) < 4.78 is 28.5. The lowest BCUT2D eigenvalue weighted by Gasteiger charge is -2.36. The molecule has 3 fully saturated rings. The van der Waals surface area contributed by atoms with Crippen LogP contribution in [-0.4, -0.2) is 55.8 Å². The predicted molar refractivity (Wildman–Crippen MR) is 79.7 cm³/mol. The van der Waals surface area contributed by atoms with Crippen LogP contribution in [0.2, 0.25) is 0 Å². The van der Waals surface area contributed by atoms with Crippen LogP contribution in [0.3, 0.4) is 0 Å². The van der Waals surface area contributed by atoms with Crippen LogP contribution in [0.25, 0.3) is 0 Å². The average Bonchev–Trinajstić information content (AvgIpc) is 3.31. The molecule has 6 heteroatoms. The lowest BCUT2D eigenvalue weighted by Crippen LogP contribution is -2.49. The average molecular weight is 301 g/mol. The summed E-state index contributed by atoms with van der Waals surface area (Å²) in [6.45, 7) is 3.91. The third-order valence-electron chi connectivity index (χ3n) is 4.81. The number of nitrogens with one attached hydrogen (secondary N) is 1. The van der Waals surface area contributed by atoms with Crippen LogP contribution in [-0.2, 0) is 10.2 Å². The first-order chi connectivity index (χ1) is 9.66. The van der Waals surface area contributed by atoms with Gasteiger partial charge >= 0.3 is 0 Å². The zero-order valence-corrected chi connectivity index (χ0v) is 13.1. The van der Waals surface area contributed by atoms with Crippen LogP contribution < -0.4 is 5.32 Å². The van der Waals surface area contributed by atoms with E-state index >= 15 is 0 Å². The van der Waals surface area contributed by atoms with Gasteiger partial charge in [0.25, 0.3) is 10.2 Å². The highest BCUT2D eigenvalue weighted by atomic mass is 32.2. The third-order valence-corrected chi connectivity index (χ3v) is 6.85. The van der Waals surface area contributed by atoms with Crippen LogP contribution in [0.1, 0.15) is 44.9 Å². The molecule has 2 aliphatic heterocycles. The standard InChI is InChI=1S/C14H27N3O2S/c18-20(19,16-8-2-1-3-9-16)17-10-6-13(7-11-17)12-15-14-4-5-14/h13-15H,1-12H2. The van der Waals surface area contributed by atoms with Gasteiger partial charge in [-0.3, -0.25) is 0 Å². The molecule has 0 bridgehead atoms. The van der Waals surface area contributed by atoms with E-state index in [0.29, 0.717) is 32.1 Å². The summed E-state index contributed by atoms with van der Waals surface area (Å²) in [4.78, 5) is 0. The maximum absolute atomic E-state index is 12.6. The van der Waals surface area contributed by atoms with E-state index in [4.69, 9.17) is 0 Å². The molecule has 0 radical (unpaired) electrons. The highest BCUT2D eigenvalue weighted by Gasteiger charge is 2.33. The molecule has 0 spiro atoms. The van der Waals surface area contributed by atoms with E-state index < -0.39 is 10.2 Å². The second-order valence-corrected chi connectivity index (χ2v) is 8.42. The quantitative estimate of drug-likeness (QED) is 0.829. The fourth-order valence-electron chi connectivity index (χ4n) is 3.22. The summed E-state index contributed by atoms with van der Waals surface area (Å²) in [6.07, 6.45) is 7.85. The summed E-state index contributed by atoms with van der Waals surface area (Å²) in [5, 5.41) is 3.56. The molecule has 2 saturated heterocycles. The molecular formula is C14H27N3O2S. The summed E-state index contributed by atoms with van der Waals surface area (Å²) >= 11 is 0. The van der Waals surface area contributed by atoms with Gasteiger partial charge in [-0.1, -0.05) is 6.42 Å². The molecular weight excluding hydrogens is 274 g/mol. The Morgan fingerprint density at radius 1 is 0.850 bits per heavy atom. The van der Waals surface area contributed by atoms with Crippen molar-refractivity contribution in [2.24, 2.45) is 5.92 Å². The van der Waals surface area contributed by atoms with Gasteiger partial charge in [-0.15, -0.1) is 0 Å². The highest BCUT2D eigenvalue weighted by molar-refractivity contribution is 7.86. The van der Waals surface area contributed by atoms with Crippen LogP contribution in [0.4, 0.5) is 0 Å². The molecule has 5 nitrogen and oxygen atoms in total. The van der Waals surface area contributed by atoms with Crippen LogP contribution in [0.5, 0.6) is 0 Å². The lowest BCUT2D eigenvalue weighted by molar-refractivity contribution is 0.241. The Morgan fingerprint density at radius 3 is 2.05 bits per heavy atom. The second kappa shape index (κ2) is 6.30. The molecule has 0 aromatic rings. The van der Waals surface area contributed by atoms with E-state index in [0.717, 1.165) is 38.3 Å². The Bertz CT molecular complexity index is 408. The summed E-state index contributed by atoms with van der Waals surface area (Å²) in [6, 6.07) is 0.755. The van der Waals surface area contributed by atoms with Gasteiger partial charge in [-0.25, -0.2) is 0 Å². The van der Waals surface area contributed by atoms with Crippen molar-refractivity contribution in [2.45, 2.75) is 51.0 Å². The Labute approximate surface area is 122 Å². The number of rotatable bonds is 5. The Kier molecular flexibility index (Phi) is 4.65. The molecule has 0 unspecified atom stereocenters. The fraction of sp³-hybridized carbons (Fsp3) is 1.00. The minimum atomic E-state index is -3.18. The number of nitrogens with zero attached hydrogens (tertiary/aromatic N) is 2. The number of piperidine rings is 2.